The Morgan fingerprint density at radius 1 is 1.12 bits per heavy atom. The molecule has 1 aliphatic heterocycles. The van der Waals surface area contributed by atoms with Gasteiger partial charge >= 0.3 is 0 Å². The van der Waals surface area contributed by atoms with Crippen molar-refractivity contribution in [1.82, 2.24) is 10.0 Å². The summed E-state index contributed by atoms with van der Waals surface area (Å²) in [4.78, 5) is 0. The maximum Gasteiger partial charge on any atom is 0.209 e. The number of rotatable bonds is 7. The maximum absolute atomic E-state index is 11.3. The summed E-state index contributed by atoms with van der Waals surface area (Å²) in [5.74, 6) is 1.57. The Labute approximate surface area is 154 Å². The molecule has 0 saturated carbocycles. The Hall–Kier alpha value is -2.09. The number of hydrogen-bond donors (Lipinski definition) is 2. The van der Waals surface area contributed by atoms with E-state index < -0.39 is 10.0 Å². The summed E-state index contributed by atoms with van der Waals surface area (Å²) in [6, 6.07) is 15.3. The van der Waals surface area contributed by atoms with Crippen LogP contribution in [0.4, 0.5) is 0 Å². The number of para-hydroxylation sites is 2. The second kappa shape index (κ2) is 8.07. The Morgan fingerprint density at radius 2 is 1.81 bits per heavy atom. The Bertz CT molecular complexity index is 837. The molecule has 140 valence electrons. The first-order chi connectivity index (χ1) is 12.4. The summed E-state index contributed by atoms with van der Waals surface area (Å²) >= 11 is 0. The Kier molecular flexibility index (Phi) is 5.80. The lowest BCUT2D eigenvalue weighted by Crippen LogP contribution is -2.38. The minimum absolute atomic E-state index is 0.0249. The molecule has 2 aromatic carbocycles. The van der Waals surface area contributed by atoms with Gasteiger partial charge in [-0.05, 0) is 30.2 Å². The molecule has 26 heavy (non-hydrogen) atoms. The van der Waals surface area contributed by atoms with Gasteiger partial charge in [0.15, 0.2) is 11.5 Å². The average molecular weight is 376 g/mol. The van der Waals surface area contributed by atoms with Crippen molar-refractivity contribution in [3.8, 4) is 11.5 Å². The summed E-state index contributed by atoms with van der Waals surface area (Å²) < 4.78 is 36.8. The molecule has 6 nitrogen and oxygen atoms in total. The largest absolute Gasteiger partial charge is 0.486 e. The van der Waals surface area contributed by atoms with Crippen LogP contribution in [0.2, 0.25) is 0 Å². The van der Waals surface area contributed by atoms with Gasteiger partial charge in [-0.2, -0.15) is 0 Å². The van der Waals surface area contributed by atoms with E-state index in [0.29, 0.717) is 19.7 Å². The fourth-order valence-electron chi connectivity index (χ4n) is 2.85. The van der Waals surface area contributed by atoms with Gasteiger partial charge in [0.1, 0.15) is 12.7 Å². The highest BCUT2D eigenvalue weighted by Gasteiger charge is 2.20. The van der Waals surface area contributed by atoms with Crippen molar-refractivity contribution < 1.29 is 17.9 Å². The first kappa shape index (κ1) is 18.7. The zero-order valence-corrected chi connectivity index (χ0v) is 15.8. The highest BCUT2D eigenvalue weighted by atomic mass is 32.2. The fourth-order valence-corrected chi connectivity index (χ4v) is 3.63. The van der Waals surface area contributed by atoms with E-state index in [0.717, 1.165) is 28.9 Å². The number of fused-ring (bicyclic) bond motifs is 1. The van der Waals surface area contributed by atoms with Crippen molar-refractivity contribution in [2.75, 3.05) is 19.4 Å². The molecule has 0 aliphatic carbocycles. The predicted octanol–water partition coefficient (Wildman–Crippen LogP) is 2.23. The van der Waals surface area contributed by atoms with Gasteiger partial charge in [-0.1, -0.05) is 36.4 Å². The molecule has 0 fully saturated rings. The summed E-state index contributed by atoms with van der Waals surface area (Å²) in [6.45, 7) is 3.74. The lowest BCUT2D eigenvalue weighted by Gasteiger charge is -2.26. The van der Waals surface area contributed by atoms with E-state index >= 15 is 0 Å². The van der Waals surface area contributed by atoms with E-state index in [1.54, 1.807) is 0 Å². The number of sulfonamides is 1. The number of hydrogen-bond acceptors (Lipinski definition) is 5. The van der Waals surface area contributed by atoms with Crippen LogP contribution in [-0.4, -0.2) is 33.9 Å². The van der Waals surface area contributed by atoms with Crippen LogP contribution in [0, 0.1) is 0 Å². The van der Waals surface area contributed by atoms with Gasteiger partial charge in [-0.3, -0.25) is 0 Å². The molecule has 2 aromatic rings. The summed E-state index contributed by atoms with van der Waals surface area (Å²) in [7, 11) is -3.22. The maximum atomic E-state index is 11.3. The normalized spacial score (nSPS) is 17.7. The van der Waals surface area contributed by atoms with Gasteiger partial charge in [0.05, 0.1) is 6.26 Å². The molecule has 1 heterocycles. The highest BCUT2D eigenvalue weighted by Crippen LogP contribution is 2.30. The molecule has 3 rings (SSSR count). The number of benzene rings is 2. The second-order valence-electron chi connectivity index (χ2n) is 6.48. The van der Waals surface area contributed by atoms with Crippen molar-refractivity contribution in [1.29, 1.82) is 0 Å². The lowest BCUT2D eigenvalue weighted by atomic mass is 10.1. The van der Waals surface area contributed by atoms with Crippen LogP contribution in [0.15, 0.2) is 48.5 Å². The highest BCUT2D eigenvalue weighted by molar-refractivity contribution is 7.88. The van der Waals surface area contributed by atoms with Crippen LogP contribution < -0.4 is 19.5 Å². The monoisotopic (exact) mass is 376 g/mol. The minimum Gasteiger partial charge on any atom is -0.486 e. The first-order valence-corrected chi connectivity index (χ1v) is 10.5. The SMILES string of the molecule is C[C@@H](NS(C)(=O)=O)c1ccc(CNC[C@H]2COc3ccccc3O2)cc1. The van der Waals surface area contributed by atoms with Gasteiger partial charge in [-0.25, -0.2) is 13.1 Å². The fraction of sp³-hybridized carbons (Fsp3) is 0.368. The lowest BCUT2D eigenvalue weighted by molar-refractivity contribution is 0.0902. The van der Waals surface area contributed by atoms with Crippen LogP contribution in [0.1, 0.15) is 24.1 Å². The van der Waals surface area contributed by atoms with Crippen LogP contribution in [-0.2, 0) is 16.6 Å². The van der Waals surface area contributed by atoms with E-state index in [2.05, 4.69) is 10.0 Å². The van der Waals surface area contributed by atoms with E-state index in [1.807, 2.05) is 55.5 Å². The molecular formula is C19H24N2O4S. The van der Waals surface area contributed by atoms with Crippen LogP contribution in [0.3, 0.4) is 0 Å². The number of nitrogens with one attached hydrogen (secondary N) is 2. The van der Waals surface area contributed by atoms with Crippen molar-refractivity contribution in [3.05, 3.63) is 59.7 Å². The van der Waals surface area contributed by atoms with Crippen molar-refractivity contribution in [2.24, 2.45) is 0 Å². The molecule has 0 radical (unpaired) electrons. The quantitative estimate of drug-likeness (QED) is 0.775. The zero-order chi connectivity index (χ0) is 18.6. The topological polar surface area (TPSA) is 76.7 Å². The molecule has 0 saturated heterocycles. The van der Waals surface area contributed by atoms with Crippen molar-refractivity contribution >= 4 is 10.0 Å². The minimum atomic E-state index is -3.22. The first-order valence-electron chi connectivity index (χ1n) is 8.56. The Balaban J connectivity index is 1.47. The van der Waals surface area contributed by atoms with Crippen molar-refractivity contribution in [3.63, 3.8) is 0 Å². The van der Waals surface area contributed by atoms with Gasteiger partial charge < -0.3 is 14.8 Å². The molecule has 0 amide bonds. The summed E-state index contributed by atoms with van der Waals surface area (Å²) in [5.41, 5.74) is 2.05. The van der Waals surface area contributed by atoms with E-state index in [4.69, 9.17) is 9.47 Å². The summed E-state index contributed by atoms with van der Waals surface area (Å²) in [5, 5.41) is 3.37. The molecule has 2 atom stereocenters. The van der Waals surface area contributed by atoms with E-state index in [9.17, 15) is 8.42 Å². The molecule has 7 heteroatoms. The third kappa shape index (κ3) is 5.20. The Morgan fingerprint density at radius 3 is 2.50 bits per heavy atom. The van der Waals surface area contributed by atoms with Gasteiger partial charge in [-0.15, -0.1) is 0 Å². The summed E-state index contributed by atoms with van der Waals surface area (Å²) in [6.07, 6.45) is 1.14. The molecule has 0 bridgehead atoms. The van der Waals surface area contributed by atoms with E-state index in [1.165, 1.54) is 0 Å². The second-order valence-corrected chi connectivity index (χ2v) is 8.26. The average Bonchev–Trinajstić information content (AvgIpc) is 2.61. The van der Waals surface area contributed by atoms with E-state index in [-0.39, 0.29) is 12.1 Å². The van der Waals surface area contributed by atoms with Crippen molar-refractivity contribution in [2.45, 2.75) is 25.6 Å². The third-order valence-corrected chi connectivity index (χ3v) is 4.92. The molecule has 0 aromatic heterocycles. The third-order valence-electron chi connectivity index (χ3n) is 4.14. The van der Waals surface area contributed by atoms with Gasteiger partial charge in [0, 0.05) is 19.1 Å². The molecule has 1 aliphatic rings. The van der Waals surface area contributed by atoms with Gasteiger partial charge in [0.2, 0.25) is 10.0 Å². The molecule has 0 spiro atoms. The van der Waals surface area contributed by atoms with Crippen LogP contribution in [0.25, 0.3) is 0 Å². The zero-order valence-electron chi connectivity index (χ0n) is 14.9. The molecule has 2 N–H and O–H groups in total. The molecule has 0 unspecified atom stereocenters. The van der Waals surface area contributed by atoms with Crippen LogP contribution in [0.5, 0.6) is 11.5 Å². The predicted molar refractivity (Wildman–Crippen MR) is 101 cm³/mol. The van der Waals surface area contributed by atoms with Gasteiger partial charge in [0.25, 0.3) is 0 Å². The smallest absolute Gasteiger partial charge is 0.209 e. The molecular weight excluding hydrogens is 352 g/mol. The number of ether oxygens (including phenoxy) is 2. The standard InChI is InChI=1S/C19H24N2O4S/c1-14(21-26(2,22)23)16-9-7-15(8-10-16)11-20-12-17-13-24-18-5-3-4-6-19(18)25-17/h3-10,14,17,20-21H,11-13H2,1-2H3/t14-,17+/m1/s1. The van der Waals surface area contributed by atoms with Crippen LogP contribution >= 0.6 is 0 Å².